The van der Waals surface area contributed by atoms with Crippen LogP contribution in [-0.4, -0.2) is 81.5 Å². The first-order chi connectivity index (χ1) is 14.3. The molecule has 3 fully saturated rings. The highest BCUT2D eigenvalue weighted by molar-refractivity contribution is 7.80. The maximum absolute atomic E-state index is 13.0. The number of likely N-dealkylation sites (tertiary alicyclic amines) is 2. The molecule has 10 heteroatoms. The van der Waals surface area contributed by atoms with Crippen LogP contribution in [0.3, 0.4) is 0 Å². The second-order valence-electron chi connectivity index (χ2n) is 9.09. The molecule has 2 aliphatic heterocycles. The van der Waals surface area contributed by atoms with Gasteiger partial charge in [-0.2, -0.15) is 0 Å². The fourth-order valence-electron chi connectivity index (χ4n) is 5.07. The zero-order valence-corrected chi connectivity index (χ0v) is 18.6. The van der Waals surface area contributed by atoms with Gasteiger partial charge in [-0.05, 0) is 44.9 Å². The lowest BCUT2D eigenvalue weighted by Crippen LogP contribution is -2.55. The van der Waals surface area contributed by atoms with Gasteiger partial charge in [0.1, 0.15) is 11.0 Å². The molecule has 0 aromatic rings. The van der Waals surface area contributed by atoms with Crippen molar-refractivity contribution >= 4 is 36.1 Å². The molecular formula is C20H35BN4O4S. The second kappa shape index (κ2) is 10.4. The van der Waals surface area contributed by atoms with Crippen LogP contribution >= 0.6 is 12.2 Å². The Bertz CT molecular complexity index is 646. The number of carbonyl (C=O) groups excluding carboxylic acids is 2. The average Bonchev–Trinajstić information content (AvgIpc) is 3.42. The molecule has 2 amide bonds. The van der Waals surface area contributed by atoms with Crippen LogP contribution in [0, 0.1) is 5.92 Å². The lowest BCUT2D eigenvalue weighted by atomic mass is 9.72. The van der Waals surface area contributed by atoms with Gasteiger partial charge in [-0.15, -0.1) is 0 Å². The van der Waals surface area contributed by atoms with Crippen molar-refractivity contribution < 1.29 is 19.6 Å². The molecule has 2 saturated heterocycles. The van der Waals surface area contributed by atoms with Crippen molar-refractivity contribution in [2.75, 3.05) is 19.6 Å². The molecule has 3 aliphatic rings. The first-order valence-corrected chi connectivity index (χ1v) is 11.7. The van der Waals surface area contributed by atoms with E-state index >= 15 is 0 Å². The topological polar surface area (TPSA) is 119 Å². The smallest absolute Gasteiger partial charge is 0.427 e. The molecule has 1 aliphatic carbocycles. The highest BCUT2D eigenvalue weighted by atomic mass is 32.1. The van der Waals surface area contributed by atoms with Crippen molar-refractivity contribution in [2.24, 2.45) is 11.7 Å². The summed E-state index contributed by atoms with van der Waals surface area (Å²) in [5.41, 5.74) is 6.31. The molecule has 168 valence electrons. The van der Waals surface area contributed by atoms with Crippen LogP contribution < -0.4 is 11.1 Å². The Labute approximate surface area is 184 Å². The number of carbonyl (C=O) groups is 2. The quantitative estimate of drug-likeness (QED) is 0.347. The maximum atomic E-state index is 13.0. The van der Waals surface area contributed by atoms with Crippen molar-refractivity contribution in [1.29, 1.82) is 0 Å². The van der Waals surface area contributed by atoms with Gasteiger partial charge in [0.2, 0.25) is 11.8 Å². The zero-order valence-electron chi connectivity index (χ0n) is 17.8. The summed E-state index contributed by atoms with van der Waals surface area (Å²) in [6.45, 7) is 3.52. The zero-order chi connectivity index (χ0) is 21.8. The Hall–Kier alpha value is -1.23. The van der Waals surface area contributed by atoms with E-state index in [9.17, 15) is 19.6 Å². The van der Waals surface area contributed by atoms with E-state index in [1.165, 1.54) is 6.42 Å². The van der Waals surface area contributed by atoms with Gasteiger partial charge in [0.25, 0.3) is 0 Å². The standard InChI is InChI=1S/C20H35BN4O4S/c1-13(20(30)24-11-9-15(12-24)21(28)29)23-18(26)16-8-5-10-25(16)19(27)17(22)14-6-3-2-4-7-14/h13-17,28-29H,2-12,22H2,1H3,(H,23,26)/t13-,15+,16-,17-/m0/s1. The Morgan fingerprint density at radius 1 is 1.10 bits per heavy atom. The summed E-state index contributed by atoms with van der Waals surface area (Å²) >= 11 is 5.52. The summed E-state index contributed by atoms with van der Waals surface area (Å²) in [5.74, 6) is -0.305. The van der Waals surface area contributed by atoms with E-state index < -0.39 is 19.2 Å². The van der Waals surface area contributed by atoms with Gasteiger partial charge in [-0.25, -0.2) is 0 Å². The molecule has 4 atom stereocenters. The summed E-state index contributed by atoms with van der Waals surface area (Å²) in [5, 5.41) is 21.7. The number of nitrogens with one attached hydrogen (secondary N) is 1. The molecule has 0 spiro atoms. The molecular weight excluding hydrogens is 403 g/mol. The predicted octanol–water partition coefficient (Wildman–Crippen LogP) is 0.266. The molecule has 0 bridgehead atoms. The molecule has 0 radical (unpaired) electrons. The third kappa shape index (κ3) is 5.33. The molecule has 3 rings (SSSR count). The van der Waals surface area contributed by atoms with E-state index in [4.69, 9.17) is 18.0 Å². The van der Waals surface area contributed by atoms with Crippen molar-refractivity contribution in [3.8, 4) is 0 Å². The van der Waals surface area contributed by atoms with Gasteiger partial charge in [0, 0.05) is 25.5 Å². The summed E-state index contributed by atoms with van der Waals surface area (Å²) < 4.78 is 0. The van der Waals surface area contributed by atoms with Gasteiger partial charge >= 0.3 is 7.12 Å². The Morgan fingerprint density at radius 3 is 2.43 bits per heavy atom. The Kier molecular flexibility index (Phi) is 8.12. The van der Waals surface area contributed by atoms with E-state index in [0.717, 1.165) is 32.1 Å². The summed E-state index contributed by atoms with van der Waals surface area (Å²) in [7, 11) is -1.35. The molecule has 0 unspecified atom stereocenters. The molecule has 0 aromatic heterocycles. The molecule has 2 heterocycles. The van der Waals surface area contributed by atoms with E-state index in [1.807, 2.05) is 11.8 Å². The van der Waals surface area contributed by atoms with E-state index in [1.54, 1.807) is 4.90 Å². The molecule has 1 saturated carbocycles. The molecule has 0 aromatic carbocycles. The fourth-order valence-corrected chi connectivity index (χ4v) is 5.29. The molecule has 8 nitrogen and oxygen atoms in total. The lowest BCUT2D eigenvalue weighted by Gasteiger charge is -2.33. The van der Waals surface area contributed by atoms with Gasteiger partial charge in [0.05, 0.1) is 12.1 Å². The second-order valence-corrected chi connectivity index (χ2v) is 9.51. The highest BCUT2D eigenvalue weighted by Gasteiger charge is 2.39. The number of hydrogen-bond acceptors (Lipinski definition) is 6. The lowest BCUT2D eigenvalue weighted by molar-refractivity contribution is -0.140. The Morgan fingerprint density at radius 2 is 1.80 bits per heavy atom. The van der Waals surface area contributed by atoms with E-state index in [-0.39, 0.29) is 29.6 Å². The van der Waals surface area contributed by atoms with Gasteiger partial charge in [-0.1, -0.05) is 31.5 Å². The van der Waals surface area contributed by atoms with Crippen LogP contribution in [0.2, 0.25) is 5.82 Å². The van der Waals surface area contributed by atoms with Gasteiger partial charge in [0.15, 0.2) is 0 Å². The van der Waals surface area contributed by atoms with Crippen LogP contribution in [0.25, 0.3) is 0 Å². The minimum Gasteiger partial charge on any atom is -0.427 e. The molecule has 5 N–H and O–H groups in total. The first kappa shape index (κ1) is 23.4. The van der Waals surface area contributed by atoms with Gasteiger partial charge < -0.3 is 30.9 Å². The fraction of sp³-hybridized carbons (Fsp3) is 0.850. The van der Waals surface area contributed by atoms with Crippen LogP contribution in [-0.2, 0) is 9.59 Å². The average molecular weight is 438 g/mol. The maximum Gasteiger partial charge on any atom is 0.456 e. The SMILES string of the molecule is C[C@H](NC(=O)[C@@H]1CCCN1C(=O)[C@@H](N)C1CCCCC1)C(=S)N1CC[C@@H](B(O)O)C1. The van der Waals surface area contributed by atoms with E-state index in [0.29, 0.717) is 37.5 Å². The van der Waals surface area contributed by atoms with Crippen molar-refractivity contribution in [1.82, 2.24) is 15.1 Å². The minimum absolute atomic E-state index is 0.103. The van der Waals surface area contributed by atoms with Crippen molar-refractivity contribution in [3.05, 3.63) is 0 Å². The van der Waals surface area contributed by atoms with Crippen molar-refractivity contribution in [3.63, 3.8) is 0 Å². The van der Waals surface area contributed by atoms with Crippen LogP contribution in [0.15, 0.2) is 0 Å². The highest BCUT2D eigenvalue weighted by Crippen LogP contribution is 2.28. The van der Waals surface area contributed by atoms with E-state index in [2.05, 4.69) is 5.32 Å². The van der Waals surface area contributed by atoms with Crippen LogP contribution in [0.5, 0.6) is 0 Å². The molecule has 30 heavy (non-hydrogen) atoms. The monoisotopic (exact) mass is 438 g/mol. The van der Waals surface area contributed by atoms with Crippen LogP contribution in [0.1, 0.15) is 58.3 Å². The Balaban J connectivity index is 1.54. The normalized spacial score (nSPS) is 27.1. The first-order valence-electron chi connectivity index (χ1n) is 11.3. The number of rotatable bonds is 6. The predicted molar refractivity (Wildman–Crippen MR) is 120 cm³/mol. The number of thiocarbonyl (C=S) groups is 1. The number of hydrogen-bond donors (Lipinski definition) is 4. The summed E-state index contributed by atoms with van der Waals surface area (Å²) in [6.07, 6.45) is 7.51. The van der Waals surface area contributed by atoms with Crippen molar-refractivity contribution in [2.45, 2.75) is 82.2 Å². The third-order valence-electron chi connectivity index (χ3n) is 6.97. The van der Waals surface area contributed by atoms with Gasteiger partial charge in [-0.3, -0.25) is 9.59 Å². The summed E-state index contributed by atoms with van der Waals surface area (Å²) in [6, 6.07) is -1.39. The summed E-state index contributed by atoms with van der Waals surface area (Å²) in [4.78, 5) is 30.2. The largest absolute Gasteiger partial charge is 0.456 e. The minimum atomic E-state index is -1.35. The number of nitrogens with zero attached hydrogens (tertiary/aromatic N) is 2. The number of nitrogens with two attached hydrogens (primary N) is 1. The third-order valence-corrected chi connectivity index (χ3v) is 7.58. The number of amides is 2. The van der Waals surface area contributed by atoms with Crippen LogP contribution in [0.4, 0.5) is 0 Å².